The smallest absolute Gasteiger partial charge is 0.302 e. The Morgan fingerprint density at radius 3 is 2.50 bits per heavy atom. The molecule has 0 amide bonds. The summed E-state index contributed by atoms with van der Waals surface area (Å²) in [6, 6.07) is 0. The zero-order valence-corrected chi connectivity index (χ0v) is 11.0. The molecule has 1 saturated heterocycles. The van der Waals surface area contributed by atoms with Crippen LogP contribution in [0.4, 0.5) is 0 Å². The van der Waals surface area contributed by atoms with E-state index in [9.17, 15) is 9.59 Å². The van der Waals surface area contributed by atoms with Crippen molar-refractivity contribution >= 4 is 11.9 Å². The second-order valence-corrected chi connectivity index (χ2v) is 4.09. The second kappa shape index (κ2) is 7.33. The van der Waals surface area contributed by atoms with Gasteiger partial charge in [0.05, 0.1) is 0 Å². The first-order valence-electron chi connectivity index (χ1n) is 6.10. The Balaban J connectivity index is 2.54. The monoisotopic (exact) mass is 260 g/mol. The predicted octanol–water partition coefficient (Wildman–Crippen LogP) is 1.02. The number of hydrogen-bond donors (Lipinski definition) is 0. The van der Waals surface area contributed by atoms with Crippen LogP contribution in [0, 0.1) is 0 Å². The summed E-state index contributed by atoms with van der Waals surface area (Å²) in [4.78, 5) is 21.8. The Bertz CT molecular complexity index is 290. The maximum absolute atomic E-state index is 11.0. The van der Waals surface area contributed by atoms with Crippen LogP contribution in [-0.2, 0) is 28.5 Å². The molecule has 1 heterocycles. The quantitative estimate of drug-likeness (QED) is 0.687. The van der Waals surface area contributed by atoms with Gasteiger partial charge < -0.3 is 18.9 Å². The van der Waals surface area contributed by atoms with E-state index in [4.69, 9.17) is 18.9 Å². The van der Waals surface area contributed by atoms with Crippen LogP contribution in [0.2, 0.25) is 0 Å². The molecule has 0 aromatic heterocycles. The molecule has 0 spiro atoms. The summed E-state index contributed by atoms with van der Waals surface area (Å²) in [7, 11) is 0. The van der Waals surface area contributed by atoms with E-state index in [0.717, 1.165) is 0 Å². The number of esters is 2. The number of ether oxygens (including phenoxy) is 4. The highest BCUT2D eigenvalue weighted by Gasteiger charge is 2.34. The summed E-state index contributed by atoms with van der Waals surface area (Å²) >= 11 is 0. The minimum Gasteiger partial charge on any atom is -0.463 e. The fraction of sp³-hybridized carbons (Fsp3) is 0.833. The first-order chi connectivity index (χ1) is 8.52. The van der Waals surface area contributed by atoms with Gasteiger partial charge in [-0.3, -0.25) is 9.59 Å². The van der Waals surface area contributed by atoms with E-state index in [1.54, 1.807) is 0 Å². The highest BCUT2D eigenvalue weighted by atomic mass is 16.7. The van der Waals surface area contributed by atoms with Gasteiger partial charge in [-0.1, -0.05) is 0 Å². The molecule has 0 aromatic rings. The van der Waals surface area contributed by atoms with Gasteiger partial charge in [-0.2, -0.15) is 0 Å². The number of carbonyl (C=O) groups is 2. The first kappa shape index (κ1) is 14.9. The average molecular weight is 260 g/mol. The van der Waals surface area contributed by atoms with Crippen molar-refractivity contribution in [2.75, 3.05) is 13.2 Å². The van der Waals surface area contributed by atoms with Gasteiger partial charge in [0.25, 0.3) is 0 Å². The Hall–Kier alpha value is -1.14. The highest BCUT2D eigenvalue weighted by Crippen LogP contribution is 2.23. The van der Waals surface area contributed by atoms with Gasteiger partial charge in [0.2, 0.25) is 0 Å². The average Bonchev–Trinajstić information content (AvgIpc) is 2.28. The molecule has 0 bridgehead atoms. The molecule has 104 valence electrons. The second-order valence-electron chi connectivity index (χ2n) is 4.09. The van der Waals surface area contributed by atoms with Crippen LogP contribution >= 0.6 is 0 Å². The molecule has 0 radical (unpaired) electrons. The van der Waals surface area contributed by atoms with Crippen molar-refractivity contribution in [2.45, 2.75) is 52.1 Å². The standard InChI is InChI=1S/C12H20O6/c1-4-15-12-6-5-10(17-9(3)14)11(18-12)7-16-8(2)13/h10-12H,4-7H2,1-3H3/t10-,11+,12-/m0/s1. The van der Waals surface area contributed by atoms with E-state index in [1.165, 1.54) is 13.8 Å². The topological polar surface area (TPSA) is 71.1 Å². The Labute approximate surface area is 107 Å². The Kier molecular flexibility index (Phi) is 6.07. The third-order valence-corrected chi connectivity index (χ3v) is 2.55. The molecule has 1 rings (SSSR count). The van der Waals surface area contributed by atoms with Crippen LogP contribution in [0.5, 0.6) is 0 Å². The van der Waals surface area contributed by atoms with E-state index in [1.807, 2.05) is 6.92 Å². The Morgan fingerprint density at radius 2 is 1.94 bits per heavy atom. The van der Waals surface area contributed by atoms with Gasteiger partial charge in [0.1, 0.15) is 18.8 Å². The third kappa shape index (κ3) is 5.01. The van der Waals surface area contributed by atoms with Crippen LogP contribution < -0.4 is 0 Å². The minimum atomic E-state index is -0.469. The van der Waals surface area contributed by atoms with Crippen LogP contribution in [-0.4, -0.2) is 43.7 Å². The van der Waals surface area contributed by atoms with Crippen molar-refractivity contribution in [3.05, 3.63) is 0 Å². The normalized spacial score (nSPS) is 27.6. The molecular formula is C12H20O6. The van der Waals surface area contributed by atoms with E-state index < -0.39 is 18.2 Å². The predicted molar refractivity (Wildman–Crippen MR) is 61.7 cm³/mol. The maximum atomic E-state index is 11.0. The molecular weight excluding hydrogens is 240 g/mol. The van der Waals surface area contributed by atoms with Crippen LogP contribution in [0.15, 0.2) is 0 Å². The van der Waals surface area contributed by atoms with Gasteiger partial charge >= 0.3 is 11.9 Å². The number of rotatable bonds is 5. The molecule has 0 aromatic carbocycles. The first-order valence-corrected chi connectivity index (χ1v) is 6.10. The summed E-state index contributed by atoms with van der Waals surface area (Å²) in [5.41, 5.74) is 0. The molecule has 0 aliphatic carbocycles. The van der Waals surface area contributed by atoms with E-state index in [2.05, 4.69) is 0 Å². The zero-order valence-electron chi connectivity index (χ0n) is 11.0. The van der Waals surface area contributed by atoms with E-state index in [-0.39, 0.29) is 18.9 Å². The third-order valence-electron chi connectivity index (χ3n) is 2.55. The van der Waals surface area contributed by atoms with Gasteiger partial charge in [0.15, 0.2) is 6.29 Å². The molecule has 0 saturated carbocycles. The molecule has 1 aliphatic rings. The number of hydrogen-bond acceptors (Lipinski definition) is 6. The van der Waals surface area contributed by atoms with Crippen LogP contribution in [0.3, 0.4) is 0 Å². The molecule has 3 atom stereocenters. The van der Waals surface area contributed by atoms with Gasteiger partial charge in [-0.25, -0.2) is 0 Å². The van der Waals surface area contributed by atoms with Gasteiger partial charge in [0, 0.05) is 26.9 Å². The number of carbonyl (C=O) groups excluding carboxylic acids is 2. The molecule has 1 fully saturated rings. The summed E-state index contributed by atoms with van der Waals surface area (Å²) < 4.78 is 21.0. The molecule has 6 heteroatoms. The lowest BCUT2D eigenvalue weighted by atomic mass is 10.1. The van der Waals surface area contributed by atoms with Crippen LogP contribution in [0.1, 0.15) is 33.6 Å². The van der Waals surface area contributed by atoms with Crippen molar-refractivity contribution in [1.29, 1.82) is 0 Å². The summed E-state index contributed by atoms with van der Waals surface area (Å²) in [6.45, 7) is 5.16. The SMILES string of the molecule is CCO[C@@H]1CC[C@H](OC(C)=O)[C@@H](COC(C)=O)O1. The molecule has 18 heavy (non-hydrogen) atoms. The largest absolute Gasteiger partial charge is 0.463 e. The van der Waals surface area contributed by atoms with Gasteiger partial charge in [-0.15, -0.1) is 0 Å². The van der Waals surface area contributed by atoms with E-state index >= 15 is 0 Å². The Morgan fingerprint density at radius 1 is 1.22 bits per heavy atom. The fourth-order valence-corrected chi connectivity index (χ4v) is 1.84. The van der Waals surface area contributed by atoms with Crippen molar-refractivity contribution in [2.24, 2.45) is 0 Å². The summed E-state index contributed by atoms with van der Waals surface area (Å²) in [5.74, 6) is -0.759. The molecule has 0 N–H and O–H groups in total. The van der Waals surface area contributed by atoms with Crippen molar-refractivity contribution < 1.29 is 28.5 Å². The maximum Gasteiger partial charge on any atom is 0.302 e. The van der Waals surface area contributed by atoms with Crippen LogP contribution in [0.25, 0.3) is 0 Å². The highest BCUT2D eigenvalue weighted by molar-refractivity contribution is 5.66. The molecule has 1 aliphatic heterocycles. The summed E-state index contributed by atoms with van der Waals surface area (Å²) in [5, 5.41) is 0. The lowest BCUT2D eigenvalue weighted by Crippen LogP contribution is -2.45. The van der Waals surface area contributed by atoms with Crippen molar-refractivity contribution in [1.82, 2.24) is 0 Å². The zero-order chi connectivity index (χ0) is 13.5. The van der Waals surface area contributed by atoms with Crippen molar-refractivity contribution in [3.8, 4) is 0 Å². The summed E-state index contributed by atoms with van der Waals surface area (Å²) in [6.07, 6.45) is 0.0995. The molecule has 0 unspecified atom stereocenters. The minimum absolute atomic E-state index is 0.0663. The lowest BCUT2D eigenvalue weighted by molar-refractivity contribution is -0.236. The van der Waals surface area contributed by atoms with Gasteiger partial charge in [-0.05, 0) is 13.3 Å². The molecule has 6 nitrogen and oxygen atoms in total. The van der Waals surface area contributed by atoms with E-state index in [0.29, 0.717) is 19.4 Å². The fourth-order valence-electron chi connectivity index (χ4n) is 1.84. The lowest BCUT2D eigenvalue weighted by Gasteiger charge is -2.35. The van der Waals surface area contributed by atoms with Crippen molar-refractivity contribution in [3.63, 3.8) is 0 Å².